The average molecular weight is 426 g/mol. The fraction of sp³-hybridized carbons (Fsp3) is 0.273. The molecular formula is C22H24BrN3O. The van der Waals surface area contributed by atoms with Crippen LogP contribution < -0.4 is 10.2 Å². The fourth-order valence-electron chi connectivity index (χ4n) is 3.40. The van der Waals surface area contributed by atoms with Crippen molar-refractivity contribution in [3.63, 3.8) is 0 Å². The van der Waals surface area contributed by atoms with Gasteiger partial charge in [0.1, 0.15) is 0 Å². The predicted octanol–water partition coefficient (Wildman–Crippen LogP) is 5.47. The van der Waals surface area contributed by atoms with Crippen molar-refractivity contribution >= 4 is 44.1 Å². The number of carbonyl (C=O) groups is 1. The van der Waals surface area contributed by atoms with Crippen molar-refractivity contribution in [3.05, 3.63) is 64.3 Å². The Kier molecular flexibility index (Phi) is 5.80. The topological polar surface area (TPSA) is 45.2 Å². The van der Waals surface area contributed by atoms with Crippen molar-refractivity contribution in [2.75, 3.05) is 16.8 Å². The molecule has 1 N–H and O–H groups in total. The highest BCUT2D eigenvalue weighted by atomic mass is 79.9. The molecule has 3 rings (SSSR count). The molecule has 0 aliphatic heterocycles. The van der Waals surface area contributed by atoms with Crippen molar-refractivity contribution < 1.29 is 4.79 Å². The molecule has 27 heavy (non-hydrogen) atoms. The number of halogens is 1. The average Bonchev–Trinajstić information content (AvgIpc) is 2.63. The van der Waals surface area contributed by atoms with Gasteiger partial charge in [-0.15, -0.1) is 0 Å². The molecule has 0 radical (unpaired) electrons. The Morgan fingerprint density at radius 1 is 1.11 bits per heavy atom. The third-order valence-corrected chi connectivity index (χ3v) is 5.21. The van der Waals surface area contributed by atoms with Gasteiger partial charge in [0.15, 0.2) is 0 Å². The molecule has 5 heteroatoms. The van der Waals surface area contributed by atoms with E-state index in [2.05, 4.69) is 26.2 Å². The Morgan fingerprint density at radius 3 is 2.44 bits per heavy atom. The number of hydrogen-bond acceptors (Lipinski definition) is 3. The molecule has 3 aromatic rings. The third kappa shape index (κ3) is 3.98. The molecule has 0 aliphatic rings. The molecule has 0 spiro atoms. The number of pyridine rings is 1. The molecule has 140 valence electrons. The highest BCUT2D eigenvalue weighted by molar-refractivity contribution is 9.10. The number of aryl methyl sites for hydroxylation is 2. The van der Waals surface area contributed by atoms with Gasteiger partial charge in [0.25, 0.3) is 0 Å². The van der Waals surface area contributed by atoms with Crippen molar-refractivity contribution in [1.29, 1.82) is 0 Å². The summed E-state index contributed by atoms with van der Waals surface area (Å²) < 4.78 is 0.845. The van der Waals surface area contributed by atoms with Crippen LogP contribution in [0.25, 0.3) is 10.9 Å². The lowest BCUT2D eigenvalue weighted by Gasteiger charge is -2.30. The van der Waals surface area contributed by atoms with Crippen molar-refractivity contribution in [1.82, 2.24) is 4.98 Å². The molecule has 0 saturated carbocycles. The maximum Gasteiger partial charge on any atom is 0.246 e. The standard InChI is InChI=1S/C22H24BrN3O/c1-14(2)26(22-15(3)8-7-9-16(22)4)20(27)13-25-21-17-10-5-6-11-19(17)24-12-18(21)23/h5-12,14H,13H2,1-4H3,(H,24,25). The van der Waals surface area contributed by atoms with Crippen molar-refractivity contribution in [3.8, 4) is 0 Å². The summed E-state index contributed by atoms with van der Waals surface area (Å²) in [6, 6.07) is 14.1. The van der Waals surface area contributed by atoms with Crippen LogP contribution in [0.15, 0.2) is 53.1 Å². The second-order valence-electron chi connectivity index (χ2n) is 6.95. The van der Waals surface area contributed by atoms with Gasteiger partial charge in [-0.1, -0.05) is 36.4 Å². The second-order valence-corrected chi connectivity index (χ2v) is 7.80. The Bertz CT molecular complexity index is 964. The van der Waals surface area contributed by atoms with Gasteiger partial charge in [0.05, 0.1) is 22.2 Å². The summed E-state index contributed by atoms with van der Waals surface area (Å²) in [5, 5.41) is 4.31. The van der Waals surface area contributed by atoms with E-state index in [0.29, 0.717) is 0 Å². The van der Waals surface area contributed by atoms with Gasteiger partial charge in [-0.2, -0.15) is 0 Å². The summed E-state index contributed by atoms with van der Waals surface area (Å²) in [4.78, 5) is 19.4. The summed E-state index contributed by atoms with van der Waals surface area (Å²) in [6.45, 7) is 8.39. The summed E-state index contributed by atoms with van der Waals surface area (Å²) >= 11 is 3.55. The molecular weight excluding hydrogens is 402 g/mol. The molecule has 0 unspecified atom stereocenters. The SMILES string of the molecule is Cc1cccc(C)c1N(C(=O)CNc1c(Br)cnc2ccccc12)C(C)C. The van der Waals surface area contributed by atoms with E-state index in [9.17, 15) is 4.79 Å². The number of benzene rings is 2. The van der Waals surface area contributed by atoms with Crippen LogP contribution in [0.2, 0.25) is 0 Å². The van der Waals surface area contributed by atoms with Crippen LogP contribution in [0.5, 0.6) is 0 Å². The number of fused-ring (bicyclic) bond motifs is 1. The van der Waals surface area contributed by atoms with Gasteiger partial charge in [0, 0.05) is 23.3 Å². The molecule has 4 nitrogen and oxygen atoms in total. The minimum absolute atomic E-state index is 0.0372. The summed E-state index contributed by atoms with van der Waals surface area (Å²) in [7, 11) is 0. The zero-order valence-electron chi connectivity index (χ0n) is 16.1. The van der Waals surface area contributed by atoms with Crippen LogP contribution in [0.3, 0.4) is 0 Å². The highest BCUT2D eigenvalue weighted by Crippen LogP contribution is 2.30. The third-order valence-electron chi connectivity index (χ3n) is 4.61. The Labute approximate surface area is 168 Å². The second kappa shape index (κ2) is 8.09. The lowest BCUT2D eigenvalue weighted by Crippen LogP contribution is -2.41. The lowest BCUT2D eigenvalue weighted by molar-refractivity contribution is -0.117. The van der Waals surface area contributed by atoms with E-state index < -0.39 is 0 Å². The minimum atomic E-state index is 0.0372. The molecule has 0 atom stereocenters. The number of nitrogens with one attached hydrogen (secondary N) is 1. The van der Waals surface area contributed by atoms with E-state index in [4.69, 9.17) is 0 Å². The van der Waals surface area contributed by atoms with Gasteiger partial charge < -0.3 is 10.2 Å². The van der Waals surface area contributed by atoms with Gasteiger partial charge in [-0.25, -0.2) is 0 Å². The lowest BCUT2D eigenvalue weighted by atomic mass is 10.1. The van der Waals surface area contributed by atoms with Crippen molar-refractivity contribution in [2.24, 2.45) is 0 Å². The van der Waals surface area contributed by atoms with E-state index in [-0.39, 0.29) is 18.5 Å². The van der Waals surface area contributed by atoms with Crippen LogP contribution in [0.4, 0.5) is 11.4 Å². The smallest absolute Gasteiger partial charge is 0.246 e. The number of hydrogen-bond donors (Lipinski definition) is 1. The van der Waals surface area contributed by atoms with Gasteiger partial charge in [0.2, 0.25) is 5.91 Å². The Balaban J connectivity index is 1.89. The Hall–Kier alpha value is -2.40. The molecule has 1 aromatic heterocycles. The van der Waals surface area contributed by atoms with Crippen LogP contribution in [0.1, 0.15) is 25.0 Å². The van der Waals surface area contributed by atoms with E-state index in [0.717, 1.165) is 37.9 Å². The number of para-hydroxylation sites is 2. The molecule has 0 bridgehead atoms. The first-order valence-corrected chi connectivity index (χ1v) is 9.85. The molecule has 1 amide bonds. The van der Waals surface area contributed by atoms with Gasteiger partial charge in [-0.3, -0.25) is 9.78 Å². The predicted molar refractivity (Wildman–Crippen MR) is 116 cm³/mol. The largest absolute Gasteiger partial charge is 0.375 e. The van der Waals surface area contributed by atoms with Crippen molar-refractivity contribution in [2.45, 2.75) is 33.7 Å². The number of amides is 1. The molecule has 2 aromatic carbocycles. The normalized spacial score (nSPS) is 11.0. The first-order chi connectivity index (χ1) is 12.9. The molecule has 0 saturated heterocycles. The van der Waals surface area contributed by atoms with E-state index in [1.54, 1.807) is 6.20 Å². The van der Waals surface area contributed by atoms with E-state index in [1.165, 1.54) is 0 Å². The number of carbonyl (C=O) groups excluding carboxylic acids is 1. The number of rotatable bonds is 5. The first kappa shape index (κ1) is 19.4. The zero-order valence-corrected chi connectivity index (χ0v) is 17.7. The summed E-state index contributed by atoms with van der Waals surface area (Å²) in [5.41, 5.74) is 4.99. The number of anilines is 2. The number of nitrogens with zero attached hydrogens (tertiary/aromatic N) is 2. The minimum Gasteiger partial charge on any atom is -0.375 e. The maximum absolute atomic E-state index is 13.1. The molecule has 1 heterocycles. The van der Waals surface area contributed by atoms with Crippen LogP contribution in [-0.2, 0) is 4.79 Å². The van der Waals surface area contributed by atoms with Gasteiger partial charge >= 0.3 is 0 Å². The monoisotopic (exact) mass is 425 g/mol. The zero-order chi connectivity index (χ0) is 19.6. The van der Waals surface area contributed by atoms with Crippen LogP contribution in [-0.4, -0.2) is 23.5 Å². The maximum atomic E-state index is 13.1. The first-order valence-electron chi connectivity index (χ1n) is 9.05. The van der Waals surface area contributed by atoms with E-state index in [1.807, 2.05) is 75.1 Å². The quantitative estimate of drug-likeness (QED) is 0.589. The van der Waals surface area contributed by atoms with E-state index >= 15 is 0 Å². The van der Waals surface area contributed by atoms with Crippen LogP contribution >= 0.6 is 15.9 Å². The van der Waals surface area contributed by atoms with Gasteiger partial charge in [-0.05, 0) is 60.8 Å². The highest BCUT2D eigenvalue weighted by Gasteiger charge is 2.22. The molecule has 0 aliphatic carbocycles. The summed E-state index contributed by atoms with van der Waals surface area (Å²) in [5.74, 6) is 0.0372. The summed E-state index contributed by atoms with van der Waals surface area (Å²) in [6.07, 6.45) is 1.76. The molecule has 0 fully saturated rings. The van der Waals surface area contributed by atoms with Crippen LogP contribution in [0, 0.1) is 13.8 Å². The number of aromatic nitrogens is 1. The Morgan fingerprint density at radius 2 is 1.78 bits per heavy atom. The fourth-order valence-corrected chi connectivity index (χ4v) is 3.86.